The number of hydrogen-bond acceptors (Lipinski definition) is 4. The number of fused-ring (bicyclic) bond motifs is 1. The van der Waals surface area contributed by atoms with Gasteiger partial charge < -0.3 is 9.57 Å². The van der Waals surface area contributed by atoms with E-state index in [2.05, 4.69) is 22.3 Å². The number of ether oxygens (including phenoxy) is 1. The smallest absolute Gasteiger partial charge is 0.148 e. The van der Waals surface area contributed by atoms with Gasteiger partial charge in [0.25, 0.3) is 0 Å². The van der Waals surface area contributed by atoms with E-state index in [-0.39, 0.29) is 5.60 Å². The average molecular weight is 246 g/mol. The van der Waals surface area contributed by atoms with Crippen molar-refractivity contribution in [2.75, 3.05) is 13.2 Å². The van der Waals surface area contributed by atoms with Gasteiger partial charge in [0, 0.05) is 5.69 Å². The molecule has 1 atom stereocenters. The molecule has 0 amide bonds. The highest BCUT2D eigenvalue weighted by Crippen LogP contribution is 2.26. The topological polar surface area (TPSA) is 47.0 Å². The van der Waals surface area contributed by atoms with Gasteiger partial charge in [-0.1, -0.05) is 11.2 Å². The molecular weight excluding hydrogens is 228 g/mol. The van der Waals surface area contributed by atoms with Crippen molar-refractivity contribution in [2.24, 2.45) is 5.16 Å². The predicted octanol–water partition coefficient (Wildman–Crippen LogP) is 2.24. The Labute approximate surface area is 107 Å². The van der Waals surface area contributed by atoms with Crippen molar-refractivity contribution >= 4 is 5.71 Å². The maximum absolute atomic E-state index is 5.42. The minimum atomic E-state index is -0.110. The minimum Gasteiger partial charge on any atom is -0.392 e. The molecular formula is C14H18N2O2. The highest BCUT2D eigenvalue weighted by molar-refractivity contribution is 6.00. The maximum atomic E-state index is 5.42. The van der Waals surface area contributed by atoms with Gasteiger partial charge >= 0.3 is 0 Å². The van der Waals surface area contributed by atoms with Gasteiger partial charge in [0.15, 0.2) is 0 Å². The number of pyridine rings is 1. The standard InChI is InChI=1S/C14H18N2O2/c1-10-6-7-11-4-3-5-12(13(11)15-10)16-18-9-14(2)8-17-14/h6-7H,3-5,8-9H2,1-2H3/b16-12+. The maximum Gasteiger partial charge on any atom is 0.148 e. The summed E-state index contributed by atoms with van der Waals surface area (Å²) < 4.78 is 5.26. The van der Waals surface area contributed by atoms with E-state index in [0.717, 1.165) is 43.0 Å². The summed E-state index contributed by atoms with van der Waals surface area (Å²) in [7, 11) is 0. The Kier molecular flexibility index (Phi) is 2.82. The first kappa shape index (κ1) is 11.7. The quantitative estimate of drug-likeness (QED) is 0.607. The second kappa shape index (κ2) is 4.35. The first-order valence-electron chi connectivity index (χ1n) is 6.46. The van der Waals surface area contributed by atoms with Crippen LogP contribution in [0.2, 0.25) is 0 Å². The Morgan fingerprint density at radius 3 is 3.06 bits per heavy atom. The second-order valence-corrected chi connectivity index (χ2v) is 5.36. The summed E-state index contributed by atoms with van der Waals surface area (Å²) in [6.45, 7) is 5.33. The normalized spacial score (nSPS) is 28.0. The van der Waals surface area contributed by atoms with Crippen molar-refractivity contribution in [3.63, 3.8) is 0 Å². The molecule has 2 aliphatic rings. The van der Waals surface area contributed by atoms with E-state index >= 15 is 0 Å². The molecule has 4 nitrogen and oxygen atoms in total. The number of aryl methyl sites for hydroxylation is 2. The number of oxime groups is 1. The zero-order chi connectivity index (χ0) is 12.6. The second-order valence-electron chi connectivity index (χ2n) is 5.36. The molecule has 1 fully saturated rings. The highest BCUT2D eigenvalue weighted by atomic mass is 16.7. The highest BCUT2D eigenvalue weighted by Gasteiger charge is 2.40. The van der Waals surface area contributed by atoms with Crippen molar-refractivity contribution in [1.29, 1.82) is 0 Å². The molecule has 1 aliphatic carbocycles. The molecule has 18 heavy (non-hydrogen) atoms. The van der Waals surface area contributed by atoms with Crippen LogP contribution < -0.4 is 0 Å². The van der Waals surface area contributed by atoms with Crippen LogP contribution in [0, 0.1) is 6.92 Å². The van der Waals surface area contributed by atoms with E-state index < -0.39 is 0 Å². The van der Waals surface area contributed by atoms with Crippen LogP contribution in [-0.4, -0.2) is 29.5 Å². The van der Waals surface area contributed by atoms with Gasteiger partial charge in [0.05, 0.1) is 12.3 Å². The Hall–Kier alpha value is -1.42. The number of rotatable bonds is 3. The van der Waals surface area contributed by atoms with Gasteiger partial charge in [-0.15, -0.1) is 0 Å². The van der Waals surface area contributed by atoms with Gasteiger partial charge in [-0.3, -0.25) is 4.98 Å². The molecule has 0 radical (unpaired) electrons. The van der Waals surface area contributed by atoms with Gasteiger partial charge in [0.2, 0.25) is 0 Å². The molecule has 1 saturated heterocycles. The molecule has 0 N–H and O–H groups in total. The fraction of sp³-hybridized carbons (Fsp3) is 0.571. The predicted molar refractivity (Wildman–Crippen MR) is 68.8 cm³/mol. The third kappa shape index (κ3) is 2.38. The molecule has 1 unspecified atom stereocenters. The zero-order valence-corrected chi connectivity index (χ0v) is 10.9. The molecule has 0 aromatic carbocycles. The summed E-state index contributed by atoms with van der Waals surface area (Å²) in [6, 6.07) is 4.21. The van der Waals surface area contributed by atoms with E-state index in [1.807, 2.05) is 13.8 Å². The van der Waals surface area contributed by atoms with Crippen LogP contribution in [0.25, 0.3) is 0 Å². The number of aromatic nitrogens is 1. The molecule has 2 heterocycles. The van der Waals surface area contributed by atoms with E-state index in [1.54, 1.807) is 0 Å². The third-order valence-electron chi connectivity index (χ3n) is 3.43. The van der Waals surface area contributed by atoms with E-state index in [1.165, 1.54) is 5.56 Å². The largest absolute Gasteiger partial charge is 0.392 e. The summed E-state index contributed by atoms with van der Waals surface area (Å²) >= 11 is 0. The Morgan fingerprint density at radius 1 is 1.44 bits per heavy atom. The van der Waals surface area contributed by atoms with Gasteiger partial charge in [0.1, 0.15) is 17.9 Å². The van der Waals surface area contributed by atoms with Crippen molar-refractivity contribution in [1.82, 2.24) is 4.98 Å². The minimum absolute atomic E-state index is 0.110. The van der Waals surface area contributed by atoms with Crippen molar-refractivity contribution in [3.05, 3.63) is 29.1 Å². The zero-order valence-electron chi connectivity index (χ0n) is 10.9. The molecule has 4 heteroatoms. The van der Waals surface area contributed by atoms with Crippen LogP contribution in [0.3, 0.4) is 0 Å². The lowest BCUT2D eigenvalue weighted by Gasteiger charge is -2.17. The molecule has 1 aromatic rings. The van der Waals surface area contributed by atoms with Crippen LogP contribution in [-0.2, 0) is 16.0 Å². The van der Waals surface area contributed by atoms with Gasteiger partial charge in [-0.2, -0.15) is 0 Å². The van der Waals surface area contributed by atoms with Crippen molar-refractivity contribution in [3.8, 4) is 0 Å². The molecule has 0 spiro atoms. The van der Waals surface area contributed by atoms with E-state index in [9.17, 15) is 0 Å². The first-order chi connectivity index (χ1) is 8.66. The van der Waals surface area contributed by atoms with Crippen molar-refractivity contribution in [2.45, 2.75) is 38.7 Å². The van der Waals surface area contributed by atoms with Crippen LogP contribution in [0.1, 0.15) is 36.7 Å². The Bertz CT molecular complexity index is 493. The lowest BCUT2D eigenvalue weighted by molar-refractivity contribution is 0.0911. The van der Waals surface area contributed by atoms with E-state index in [4.69, 9.17) is 9.57 Å². The lowest BCUT2D eigenvalue weighted by Crippen LogP contribution is -2.17. The van der Waals surface area contributed by atoms with Crippen LogP contribution in [0.4, 0.5) is 0 Å². The monoisotopic (exact) mass is 246 g/mol. The SMILES string of the molecule is Cc1ccc2c(n1)/C(=N/OCC1(C)CO1)CCC2. The summed E-state index contributed by atoms with van der Waals surface area (Å²) in [5.41, 5.74) is 4.19. The third-order valence-corrected chi connectivity index (χ3v) is 3.43. The fourth-order valence-corrected chi connectivity index (χ4v) is 2.14. The Balaban J connectivity index is 1.77. The number of nitrogens with zero attached hydrogens (tertiary/aromatic N) is 2. The summed E-state index contributed by atoms with van der Waals surface area (Å²) in [5.74, 6) is 0. The van der Waals surface area contributed by atoms with Crippen LogP contribution in [0.5, 0.6) is 0 Å². The van der Waals surface area contributed by atoms with Crippen molar-refractivity contribution < 1.29 is 9.57 Å². The number of epoxide rings is 1. The first-order valence-corrected chi connectivity index (χ1v) is 6.46. The van der Waals surface area contributed by atoms with Gasteiger partial charge in [-0.25, -0.2) is 0 Å². The lowest BCUT2D eigenvalue weighted by atomic mass is 9.94. The average Bonchev–Trinajstić information content (AvgIpc) is 3.08. The fourth-order valence-electron chi connectivity index (χ4n) is 2.14. The molecule has 0 bridgehead atoms. The van der Waals surface area contributed by atoms with E-state index in [0.29, 0.717) is 6.61 Å². The van der Waals surface area contributed by atoms with Crippen LogP contribution >= 0.6 is 0 Å². The molecule has 0 saturated carbocycles. The van der Waals surface area contributed by atoms with Gasteiger partial charge in [-0.05, 0) is 44.7 Å². The molecule has 1 aromatic heterocycles. The van der Waals surface area contributed by atoms with Crippen LogP contribution in [0.15, 0.2) is 17.3 Å². The molecule has 3 rings (SSSR count). The number of hydrogen-bond donors (Lipinski definition) is 0. The Morgan fingerprint density at radius 2 is 2.28 bits per heavy atom. The summed E-state index contributed by atoms with van der Waals surface area (Å²) in [6.07, 6.45) is 3.15. The summed E-state index contributed by atoms with van der Waals surface area (Å²) in [4.78, 5) is 10.0. The summed E-state index contributed by atoms with van der Waals surface area (Å²) in [5, 5.41) is 4.27. The molecule has 1 aliphatic heterocycles. The molecule has 96 valence electrons.